The first kappa shape index (κ1) is 19.1. The van der Waals surface area contributed by atoms with Gasteiger partial charge in [-0.15, -0.1) is 0 Å². The Labute approximate surface area is 162 Å². The maximum atomic E-state index is 12.8. The smallest absolute Gasteiger partial charge is 0.243 e. The van der Waals surface area contributed by atoms with Crippen molar-refractivity contribution in [3.05, 3.63) is 52.3 Å². The monoisotopic (exact) mass is 413 g/mol. The summed E-state index contributed by atoms with van der Waals surface area (Å²) in [6.45, 7) is 3.00. The number of benzene rings is 1. The first-order valence-corrected chi connectivity index (χ1v) is 10.2. The first-order valence-electron chi connectivity index (χ1n) is 7.96. The molecule has 6 nitrogen and oxygen atoms in total. The fourth-order valence-electron chi connectivity index (χ4n) is 2.87. The fourth-order valence-corrected chi connectivity index (χ4v) is 4.90. The summed E-state index contributed by atoms with van der Waals surface area (Å²) in [5.41, 5.74) is 1.15. The van der Waals surface area contributed by atoms with Gasteiger partial charge in [0.25, 0.3) is 0 Å². The quantitative estimate of drug-likeness (QED) is 0.720. The largest absolute Gasteiger partial charge is 0.366 e. The zero-order chi connectivity index (χ0) is 18.9. The van der Waals surface area contributed by atoms with Crippen LogP contribution in [0.2, 0.25) is 10.0 Å². The minimum atomic E-state index is -3.61. The molecule has 0 radical (unpaired) electrons. The highest BCUT2D eigenvalue weighted by molar-refractivity contribution is 7.89. The van der Waals surface area contributed by atoms with Crippen LogP contribution in [0.3, 0.4) is 0 Å². The predicted molar refractivity (Wildman–Crippen MR) is 102 cm³/mol. The van der Waals surface area contributed by atoms with E-state index in [-0.39, 0.29) is 10.7 Å². The fraction of sp³-hybridized carbons (Fsp3) is 0.294. The van der Waals surface area contributed by atoms with Crippen molar-refractivity contribution in [3.63, 3.8) is 0 Å². The van der Waals surface area contributed by atoms with Crippen molar-refractivity contribution in [3.8, 4) is 0 Å². The number of carbonyl (C=O) groups is 1. The third-order valence-corrected chi connectivity index (χ3v) is 6.75. The molecular weight excluding hydrogens is 397 g/mol. The Bertz CT molecular complexity index is 905. The van der Waals surface area contributed by atoms with Gasteiger partial charge < -0.3 is 4.90 Å². The molecule has 0 unspecified atom stereocenters. The van der Waals surface area contributed by atoms with Crippen LogP contribution < -0.4 is 4.90 Å². The molecule has 1 aromatic carbocycles. The van der Waals surface area contributed by atoms with E-state index in [1.165, 1.54) is 47.9 Å². The van der Waals surface area contributed by atoms with Gasteiger partial charge in [0.05, 0.1) is 20.6 Å². The van der Waals surface area contributed by atoms with E-state index in [1.54, 1.807) is 0 Å². The number of Topliss-reactive ketones (excluding diaryl/α,β-unsaturated/α-hetero) is 1. The minimum Gasteiger partial charge on any atom is -0.366 e. The third-order valence-electron chi connectivity index (χ3n) is 4.28. The van der Waals surface area contributed by atoms with E-state index in [2.05, 4.69) is 4.98 Å². The Morgan fingerprint density at radius 3 is 2.04 bits per heavy atom. The highest BCUT2D eigenvalue weighted by Crippen LogP contribution is 2.33. The number of nitrogens with zero attached hydrogens (tertiary/aromatic N) is 3. The van der Waals surface area contributed by atoms with Crippen LogP contribution in [0.5, 0.6) is 0 Å². The van der Waals surface area contributed by atoms with Crippen molar-refractivity contribution in [2.24, 2.45) is 0 Å². The van der Waals surface area contributed by atoms with Crippen LogP contribution in [-0.2, 0) is 10.0 Å². The number of hydrogen-bond acceptors (Lipinski definition) is 5. The van der Waals surface area contributed by atoms with Crippen LogP contribution in [0, 0.1) is 0 Å². The van der Waals surface area contributed by atoms with Gasteiger partial charge in [-0.2, -0.15) is 4.31 Å². The number of halogens is 2. The lowest BCUT2D eigenvalue weighted by Gasteiger charge is -2.36. The molecule has 2 heterocycles. The van der Waals surface area contributed by atoms with Crippen molar-refractivity contribution >= 4 is 44.7 Å². The SMILES string of the molecule is CC(=O)c1ccc(S(=O)(=O)N2CCN(c3c(Cl)cncc3Cl)CC2)cc1. The lowest BCUT2D eigenvalue weighted by Crippen LogP contribution is -2.48. The van der Waals surface area contributed by atoms with Gasteiger partial charge in [0.2, 0.25) is 10.0 Å². The second-order valence-corrected chi connectivity index (χ2v) is 8.68. The van der Waals surface area contributed by atoms with E-state index < -0.39 is 10.0 Å². The number of pyridine rings is 1. The molecule has 26 heavy (non-hydrogen) atoms. The van der Waals surface area contributed by atoms with Gasteiger partial charge in [-0.1, -0.05) is 35.3 Å². The zero-order valence-corrected chi connectivity index (χ0v) is 16.4. The summed E-state index contributed by atoms with van der Waals surface area (Å²) < 4.78 is 27.0. The average molecular weight is 414 g/mol. The maximum Gasteiger partial charge on any atom is 0.243 e. The van der Waals surface area contributed by atoms with Crippen LogP contribution >= 0.6 is 23.2 Å². The second-order valence-electron chi connectivity index (χ2n) is 5.92. The molecule has 0 aliphatic carbocycles. The molecule has 138 valence electrons. The van der Waals surface area contributed by atoms with Crippen LogP contribution in [0.25, 0.3) is 0 Å². The molecule has 1 aliphatic heterocycles. The summed E-state index contributed by atoms with van der Waals surface area (Å²) in [5, 5.41) is 0.877. The molecule has 9 heteroatoms. The van der Waals surface area contributed by atoms with E-state index in [1.807, 2.05) is 4.90 Å². The van der Waals surface area contributed by atoms with Gasteiger partial charge in [0, 0.05) is 44.1 Å². The lowest BCUT2D eigenvalue weighted by atomic mass is 10.2. The molecule has 3 rings (SSSR count). The normalized spacial score (nSPS) is 15.9. The molecule has 1 fully saturated rings. The highest BCUT2D eigenvalue weighted by atomic mass is 35.5. The molecule has 0 spiro atoms. The Morgan fingerprint density at radius 2 is 1.54 bits per heavy atom. The van der Waals surface area contributed by atoms with E-state index in [9.17, 15) is 13.2 Å². The number of sulfonamides is 1. The molecule has 0 bridgehead atoms. The van der Waals surface area contributed by atoms with E-state index in [0.717, 1.165) is 0 Å². The van der Waals surface area contributed by atoms with Gasteiger partial charge in [0.1, 0.15) is 0 Å². The van der Waals surface area contributed by atoms with Gasteiger partial charge in [-0.3, -0.25) is 9.78 Å². The molecule has 0 saturated carbocycles. The molecule has 0 N–H and O–H groups in total. The Kier molecular flexibility index (Phi) is 5.53. The number of piperazine rings is 1. The van der Waals surface area contributed by atoms with Crippen molar-refractivity contribution in [2.75, 3.05) is 31.1 Å². The molecule has 1 aliphatic rings. The Hall–Kier alpha value is -1.67. The molecular formula is C17H17Cl2N3O3S. The minimum absolute atomic E-state index is 0.103. The van der Waals surface area contributed by atoms with E-state index in [0.29, 0.717) is 47.5 Å². The highest BCUT2D eigenvalue weighted by Gasteiger charge is 2.29. The summed E-state index contributed by atoms with van der Waals surface area (Å²) in [6.07, 6.45) is 3.03. The summed E-state index contributed by atoms with van der Waals surface area (Å²) >= 11 is 12.4. The zero-order valence-electron chi connectivity index (χ0n) is 14.0. The van der Waals surface area contributed by atoms with E-state index >= 15 is 0 Å². The molecule has 2 aromatic rings. The summed E-state index contributed by atoms with van der Waals surface area (Å²) in [4.78, 5) is 17.4. The maximum absolute atomic E-state index is 12.8. The van der Waals surface area contributed by atoms with Crippen molar-refractivity contribution in [1.82, 2.24) is 9.29 Å². The third kappa shape index (κ3) is 3.71. The molecule has 0 atom stereocenters. The number of anilines is 1. The summed E-state index contributed by atoms with van der Waals surface area (Å²) in [7, 11) is -3.61. The van der Waals surface area contributed by atoms with Crippen molar-refractivity contribution in [1.29, 1.82) is 0 Å². The number of hydrogen-bond donors (Lipinski definition) is 0. The predicted octanol–water partition coefficient (Wildman–Crippen LogP) is 3.10. The first-order chi connectivity index (χ1) is 12.3. The van der Waals surface area contributed by atoms with Crippen molar-refractivity contribution in [2.45, 2.75) is 11.8 Å². The average Bonchev–Trinajstić information content (AvgIpc) is 2.62. The van der Waals surface area contributed by atoms with Crippen LogP contribution in [0.4, 0.5) is 5.69 Å². The number of ketones is 1. The summed E-state index contributed by atoms with van der Waals surface area (Å²) in [5.74, 6) is -0.103. The van der Waals surface area contributed by atoms with Crippen LogP contribution in [0.15, 0.2) is 41.6 Å². The molecule has 1 aromatic heterocycles. The number of rotatable bonds is 4. The van der Waals surface area contributed by atoms with Gasteiger partial charge >= 0.3 is 0 Å². The van der Waals surface area contributed by atoms with E-state index in [4.69, 9.17) is 23.2 Å². The van der Waals surface area contributed by atoms with Crippen LogP contribution in [-0.4, -0.2) is 49.7 Å². The van der Waals surface area contributed by atoms with Gasteiger partial charge in [-0.05, 0) is 19.1 Å². The van der Waals surface area contributed by atoms with Crippen molar-refractivity contribution < 1.29 is 13.2 Å². The topological polar surface area (TPSA) is 70.6 Å². The standard InChI is InChI=1S/C17H17Cl2N3O3S/c1-12(23)13-2-4-14(5-3-13)26(24,25)22-8-6-21(7-9-22)17-15(18)10-20-11-16(17)19/h2-5,10-11H,6-9H2,1H3. The Balaban J connectivity index is 1.75. The lowest BCUT2D eigenvalue weighted by molar-refractivity contribution is 0.101. The van der Waals surface area contributed by atoms with Gasteiger partial charge in [0.15, 0.2) is 5.78 Å². The summed E-state index contributed by atoms with van der Waals surface area (Å²) in [6, 6.07) is 5.99. The number of carbonyl (C=O) groups excluding carboxylic acids is 1. The second kappa shape index (κ2) is 7.52. The molecule has 1 saturated heterocycles. The number of aromatic nitrogens is 1. The Morgan fingerprint density at radius 1 is 1.00 bits per heavy atom. The van der Waals surface area contributed by atoms with Gasteiger partial charge in [-0.25, -0.2) is 8.42 Å². The van der Waals surface area contributed by atoms with Crippen LogP contribution in [0.1, 0.15) is 17.3 Å². The molecule has 0 amide bonds.